The fourth-order valence-corrected chi connectivity index (χ4v) is 1.35. The number of pyridine rings is 1. The first-order valence-corrected chi connectivity index (χ1v) is 5.60. The number of hydrogen-bond donors (Lipinski definition) is 2. The number of rotatable bonds is 4. The Hall–Kier alpha value is -0.940. The predicted molar refractivity (Wildman–Crippen MR) is 63.5 cm³/mol. The molecular formula is C10H14BrN3O. The molecule has 0 aliphatic rings. The highest BCUT2D eigenvalue weighted by Gasteiger charge is 2.12. The Labute approximate surface area is 97.4 Å². The molecule has 0 fully saturated rings. The van der Waals surface area contributed by atoms with Gasteiger partial charge in [-0.15, -0.1) is 0 Å². The minimum atomic E-state index is -0.458. The van der Waals surface area contributed by atoms with E-state index in [-0.39, 0.29) is 5.91 Å². The van der Waals surface area contributed by atoms with Crippen molar-refractivity contribution in [3.63, 3.8) is 0 Å². The smallest absolute Gasteiger partial charge is 0.242 e. The zero-order chi connectivity index (χ0) is 11.3. The Bertz CT molecular complexity index is 326. The fourth-order valence-electron chi connectivity index (χ4n) is 1.11. The van der Waals surface area contributed by atoms with Crippen molar-refractivity contribution >= 4 is 27.7 Å². The minimum Gasteiger partial charge on any atom is -0.320 e. The molecule has 0 unspecified atom stereocenters. The maximum atomic E-state index is 11.5. The van der Waals surface area contributed by atoms with Crippen LogP contribution in [0.2, 0.25) is 0 Å². The maximum Gasteiger partial charge on any atom is 0.242 e. The molecule has 0 bridgehead atoms. The van der Waals surface area contributed by atoms with Gasteiger partial charge in [0.25, 0.3) is 0 Å². The van der Waals surface area contributed by atoms with Gasteiger partial charge in [0.1, 0.15) is 5.82 Å². The third kappa shape index (κ3) is 3.97. The topological polar surface area (TPSA) is 68.0 Å². The first-order valence-electron chi connectivity index (χ1n) is 4.81. The number of amides is 1. The fraction of sp³-hybridized carbons (Fsp3) is 0.400. The summed E-state index contributed by atoms with van der Waals surface area (Å²) in [4.78, 5) is 15.5. The highest BCUT2D eigenvalue weighted by Crippen LogP contribution is 2.10. The third-order valence-electron chi connectivity index (χ3n) is 1.92. The van der Waals surface area contributed by atoms with Crippen LogP contribution in [0.4, 0.5) is 5.82 Å². The third-order valence-corrected chi connectivity index (χ3v) is 2.38. The second kappa shape index (κ2) is 5.82. The first kappa shape index (κ1) is 12.1. The van der Waals surface area contributed by atoms with Crippen LogP contribution in [0.15, 0.2) is 22.8 Å². The number of carbonyl (C=O) groups excluding carboxylic acids is 1. The Kier molecular flexibility index (Phi) is 4.71. The highest BCUT2D eigenvalue weighted by molar-refractivity contribution is 9.10. The second-order valence-corrected chi connectivity index (χ2v) is 4.16. The number of carbonyl (C=O) groups is 1. The van der Waals surface area contributed by atoms with Crippen LogP contribution in [-0.4, -0.2) is 16.9 Å². The first-order chi connectivity index (χ1) is 7.13. The zero-order valence-electron chi connectivity index (χ0n) is 8.53. The zero-order valence-corrected chi connectivity index (χ0v) is 10.1. The number of hydrogen-bond acceptors (Lipinski definition) is 3. The lowest BCUT2D eigenvalue weighted by Crippen LogP contribution is -2.35. The summed E-state index contributed by atoms with van der Waals surface area (Å²) in [6.45, 7) is 1.99. The number of halogens is 1. The quantitative estimate of drug-likeness (QED) is 0.879. The van der Waals surface area contributed by atoms with Gasteiger partial charge in [0.05, 0.1) is 6.04 Å². The number of nitrogens with zero attached hydrogens (tertiary/aromatic N) is 1. The molecule has 15 heavy (non-hydrogen) atoms. The SMILES string of the molecule is CCC[C@@H](N)C(=O)Nc1ccc(Br)cn1. The van der Waals surface area contributed by atoms with E-state index < -0.39 is 6.04 Å². The molecule has 1 heterocycles. The molecule has 0 saturated heterocycles. The van der Waals surface area contributed by atoms with E-state index >= 15 is 0 Å². The van der Waals surface area contributed by atoms with Crippen molar-refractivity contribution in [1.29, 1.82) is 0 Å². The number of anilines is 1. The largest absolute Gasteiger partial charge is 0.320 e. The summed E-state index contributed by atoms with van der Waals surface area (Å²) in [5, 5.41) is 2.66. The molecule has 1 aromatic heterocycles. The minimum absolute atomic E-state index is 0.188. The standard InChI is InChI=1S/C10H14BrN3O/c1-2-3-8(12)10(15)14-9-5-4-7(11)6-13-9/h4-6,8H,2-3,12H2,1H3,(H,13,14,15)/t8-/m1/s1. The van der Waals surface area contributed by atoms with Gasteiger partial charge < -0.3 is 11.1 Å². The van der Waals surface area contributed by atoms with E-state index in [1.165, 1.54) is 0 Å². The Morgan fingerprint density at radius 3 is 2.93 bits per heavy atom. The summed E-state index contributed by atoms with van der Waals surface area (Å²) in [5.41, 5.74) is 5.66. The molecule has 0 spiro atoms. The number of aromatic nitrogens is 1. The van der Waals surface area contributed by atoms with E-state index in [1.807, 2.05) is 13.0 Å². The molecule has 1 rings (SSSR count). The predicted octanol–water partition coefficient (Wildman–Crippen LogP) is 1.91. The summed E-state index contributed by atoms with van der Waals surface area (Å²) in [6, 6.07) is 3.08. The lowest BCUT2D eigenvalue weighted by atomic mass is 10.2. The molecule has 1 amide bonds. The Morgan fingerprint density at radius 2 is 2.40 bits per heavy atom. The molecule has 0 aliphatic carbocycles. The molecule has 5 heteroatoms. The van der Waals surface area contributed by atoms with Gasteiger partial charge in [-0.1, -0.05) is 13.3 Å². The van der Waals surface area contributed by atoms with Crippen LogP contribution in [0.1, 0.15) is 19.8 Å². The van der Waals surface area contributed by atoms with Crippen molar-refractivity contribution in [2.24, 2.45) is 5.73 Å². The summed E-state index contributed by atoms with van der Waals surface area (Å²) in [5.74, 6) is 0.335. The Morgan fingerprint density at radius 1 is 1.67 bits per heavy atom. The normalized spacial score (nSPS) is 12.2. The number of nitrogens with one attached hydrogen (secondary N) is 1. The van der Waals surface area contributed by atoms with Crippen molar-refractivity contribution < 1.29 is 4.79 Å². The lowest BCUT2D eigenvalue weighted by Gasteiger charge is -2.10. The van der Waals surface area contributed by atoms with E-state index in [4.69, 9.17) is 5.73 Å². The summed E-state index contributed by atoms with van der Waals surface area (Å²) in [7, 11) is 0. The molecule has 4 nitrogen and oxygen atoms in total. The van der Waals surface area contributed by atoms with Crippen LogP contribution in [0.3, 0.4) is 0 Å². The second-order valence-electron chi connectivity index (χ2n) is 3.25. The van der Waals surface area contributed by atoms with Crippen LogP contribution < -0.4 is 11.1 Å². The van der Waals surface area contributed by atoms with Gasteiger partial charge in [-0.05, 0) is 34.5 Å². The van der Waals surface area contributed by atoms with Gasteiger partial charge >= 0.3 is 0 Å². The summed E-state index contributed by atoms with van der Waals surface area (Å²) in [6.07, 6.45) is 3.20. The van der Waals surface area contributed by atoms with Gasteiger partial charge in [0.15, 0.2) is 0 Å². The van der Waals surface area contributed by atoms with Crippen molar-refractivity contribution in [2.45, 2.75) is 25.8 Å². The maximum absolute atomic E-state index is 11.5. The van der Waals surface area contributed by atoms with Crippen LogP contribution in [0, 0.1) is 0 Å². The van der Waals surface area contributed by atoms with Gasteiger partial charge in [-0.25, -0.2) is 4.98 Å². The van der Waals surface area contributed by atoms with E-state index in [2.05, 4.69) is 26.2 Å². The van der Waals surface area contributed by atoms with Gasteiger partial charge in [-0.3, -0.25) is 4.79 Å². The molecule has 1 aromatic rings. The van der Waals surface area contributed by atoms with Crippen molar-refractivity contribution in [3.8, 4) is 0 Å². The van der Waals surface area contributed by atoms with Crippen molar-refractivity contribution in [2.75, 3.05) is 5.32 Å². The molecule has 0 saturated carbocycles. The average Bonchev–Trinajstić information content (AvgIpc) is 2.22. The molecule has 82 valence electrons. The van der Waals surface area contributed by atoms with Crippen LogP contribution in [0.25, 0.3) is 0 Å². The molecule has 0 aliphatic heterocycles. The van der Waals surface area contributed by atoms with Gasteiger partial charge in [0, 0.05) is 10.7 Å². The molecular weight excluding hydrogens is 258 g/mol. The van der Waals surface area contributed by atoms with Gasteiger partial charge in [-0.2, -0.15) is 0 Å². The van der Waals surface area contributed by atoms with Crippen molar-refractivity contribution in [1.82, 2.24) is 4.98 Å². The van der Waals surface area contributed by atoms with Crippen LogP contribution >= 0.6 is 15.9 Å². The van der Waals surface area contributed by atoms with E-state index in [9.17, 15) is 4.79 Å². The monoisotopic (exact) mass is 271 g/mol. The highest BCUT2D eigenvalue weighted by atomic mass is 79.9. The van der Waals surface area contributed by atoms with E-state index in [0.29, 0.717) is 12.2 Å². The summed E-state index contributed by atoms with van der Waals surface area (Å²) < 4.78 is 0.873. The average molecular weight is 272 g/mol. The lowest BCUT2D eigenvalue weighted by molar-refractivity contribution is -0.117. The molecule has 0 radical (unpaired) electrons. The van der Waals surface area contributed by atoms with E-state index in [0.717, 1.165) is 10.9 Å². The molecule has 1 atom stereocenters. The van der Waals surface area contributed by atoms with Crippen LogP contribution in [0.5, 0.6) is 0 Å². The number of nitrogens with two attached hydrogens (primary N) is 1. The summed E-state index contributed by atoms with van der Waals surface area (Å²) >= 11 is 3.27. The van der Waals surface area contributed by atoms with Gasteiger partial charge in [0.2, 0.25) is 5.91 Å². The molecule has 3 N–H and O–H groups in total. The van der Waals surface area contributed by atoms with Crippen molar-refractivity contribution in [3.05, 3.63) is 22.8 Å². The Balaban J connectivity index is 2.54. The van der Waals surface area contributed by atoms with Crippen LogP contribution in [-0.2, 0) is 4.79 Å². The molecule has 0 aromatic carbocycles. The van der Waals surface area contributed by atoms with E-state index in [1.54, 1.807) is 12.3 Å².